The second kappa shape index (κ2) is 5.75. The molecule has 0 saturated heterocycles. The van der Waals surface area contributed by atoms with Crippen LogP contribution in [0.4, 0.5) is 0 Å². The van der Waals surface area contributed by atoms with Gasteiger partial charge in [-0.05, 0) is 31.5 Å². The highest BCUT2D eigenvalue weighted by atomic mass is 35.5. The first kappa shape index (κ1) is 15.7. The van der Waals surface area contributed by atoms with E-state index in [-0.39, 0.29) is 21.5 Å². The van der Waals surface area contributed by atoms with Gasteiger partial charge in [-0.25, -0.2) is 13.1 Å². The van der Waals surface area contributed by atoms with Crippen LogP contribution in [0.15, 0.2) is 23.1 Å². The quantitative estimate of drug-likeness (QED) is 0.877. The van der Waals surface area contributed by atoms with E-state index in [4.69, 9.17) is 23.2 Å². The van der Waals surface area contributed by atoms with Crippen LogP contribution >= 0.6 is 23.2 Å². The van der Waals surface area contributed by atoms with E-state index in [1.165, 1.54) is 18.2 Å². The van der Waals surface area contributed by atoms with E-state index in [9.17, 15) is 13.5 Å². The number of halogens is 2. The number of sulfonamides is 1. The summed E-state index contributed by atoms with van der Waals surface area (Å²) in [6.07, 6.45) is 0.429. The zero-order valence-corrected chi connectivity index (χ0v) is 12.4. The summed E-state index contributed by atoms with van der Waals surface area (Å²) in [5.41, 5.74) is -1.10. The van der Waals surface area contributed by atoms with E-state index < -0.39 is 15.6 Å². The van der Waals surface area contributed by atoms with Crippen LogP contribution < -0.4 is 4.72 Å². The minimum atomic E-state index is -3.78. The van der Waals surface area contributed by atoms with Gasteiger partial charge in [-0.2, -0.15) is 0 Å². The molecular weight excluding hydrogens is 297 g/mol. The molecule has 0 aliphatic rings. The Morgan fingerprint density at radius 2 is 2.00 bits per heavy atom. The zero-order valence-electron chi connectivity index (χ0n) is 10.1. The number of hydrogen-bond acceptors (Lipinski definition) is 3. The van der Waals surface area contributed by atoms with E-state index in [1.54, 1.807) is 13.8 Å². The van der Waals surface area contributed by atoms with Crippen molar-refractivity contribution in [1.29, 1.82) is 0 Å². The topological polar surface area (TPSA) is 66.4 Å². The van der Waals surface area contributed by atoms with Gasteiger partial charge in [-0.15, -0.1) is 0 Å². The van der Waals surface area contributed by atoms with Gasteiger partial charge in [0.05, 0.1) is 10.6 Å². The van der Waals surface area contributed by atoms with Crippen molar-refractivity contribution in [2.45, 2.75) is 30.8 Å². The third-order valence-electron chi connectivity index (χ3n) is 2.59. The lowest BCUT2D eigenvalue weighted by atomic mass is 10.1. The largest absolute Gasteiger partial charge is 0.389 e. The van der Waals surface area contributed by atoms with Crippen LogP contribution in [0, 0.1) is 0 Å². The van der Waals surface area contributed by atoms with Gasteiger partial charge in [0.15, 0.2) is 0 Å². The maximum Gasteiger partial charge on any atom is 0.242 e. The summed E-state index contributed by atoms with van der Waals surface area (Å²) < 4.78 is 26.3. The Morgan fingerprint density at radius 3 is 2.56 bits per heavy atom. The Bertz CT molecular complexity index is 529. The SMILES string of the molecule is CCC(C)(O)CNS(=O)(=O)c1cc(Cl)ccc1Cl. The van der Waals surface area contributed by atoms with Gasteiger partial charge in [0, 0.05) is 11.6 Å². The van der Waals surface area contributed by atoms with Gasteiger partial charge in [-0.1, -0.05) is 30.1 Å². The number of rotatable bonds is 5. The summed E-state index contributed by atoms with van der Waals surface area (Å²) in [6.45, 7) is 3.23. The Balaban J connectivity index is 2.97. The molecular formula is C11H15Cl2NO3S. The molecule has 18 heavy (non-hydrogen) atoms. The summed E-state index contributed by atoms with van der Waals surface area (Å²) in [5.74, 6) is 0. The molecule has 1 atom stereocenters. The first-order chi connectivity index (χ1) is 8.18. The first-order valence-corrected chi connectivity index (χ1v) is 7.59. The van der Waals surface area contributed by atoms with E-state index in [0.717, 1.165) is 0 Å². The minimum Gasteiger partial charge on any atom is -0.389 e. The molecule has 1 rings (SSSR count). The molecule has 0 heterocycles. The predicted octanol–water partition coefficient (Wildman–Crippen LogP) is 2.43. The fourth-order valence-electron chi connectivity index (χ4n) is 1.14. The van der Waals surface area contributed by atoms with Gasteiger partial charge >= 0.3 is 0 Å². The lowest BCUT2D eigenvalue weighted by Gasteiger charge is -2.21. The van der Waals surface area contributed by atoms with Crippen LogP contribution in [-0.4, -0.2) is 25.7 Å². The average Bonchev–Trinajstić information content (AvgIpc) is 2.30. The lowest BCUT2D eigenvalue weighted by Crippen LogP contribution is -2.40. The van der Waals surface area contributed by atoms with Crippen LogP contribution in [-0.2, 0) is 10.0 Å². The number of benzene rings is 1. The number of aliphatic hydroxyl groups is 1. The van der Waals surface area contributed by atoms with Crippen molar-refractivity contribution in [2.75, 3.05) is 6.54 Å². The molecule has 0 fully saturated rings. The highest BCUT2D eigenvalue weighted by Crippen LogP contribution is 2.25. The van der Waals surface area contributed by atoms with Crippen molar-refractivity contribution in [3.05, 3.63) is 28.2 Å². The molecule has 0 aliphatic carbocycles. The normalized spacial score (nSPS) is 15.4. The lowest BCUT2D eigenvalue weighted by molar-refractivity contribution is 0.0613. The molecule has 4 nitrogen and oxygen atoms in total. The molecule has 0 amide bonds. The molecule has 2 N–H and O–H groups in total. The third-order valence-corrected chi connectivity index (χ3v) is 4.71. The minimum absolute atomic E-state index is 0.0861. The third kappa shape index (κ3) is 4.10. The van der Waals surface area contributed by atoms with Crippen molar-refractivity contribution < 1.29 is 13.5 Å². The van der Waals surface area contributed by atoms with E-state index in [1.807, 2.05) is 0 Å². The van der Waals surface area contributed by atoms with Crippen molar-refractivity contribution in [1.82, 2.24) is 4.72 Å². The molecule has 0 aromatic heterocycles. The van der Waals surface area contributed by atoms with Crippen molar-refractivity contribution >= 4 is 33.2 Å². The van der Waals surface area contributed by atoms with Crippen molar-refractivity contribution in [3.8, 4) is 0 Å². The molecule has 1 aromatic rings. The molecule has 0 bridgehead atoms. The van der Waals surface area contributed by atoms with Gasteiger partial charge < -0.3 is 5.11 Å². The van der Waals surface area contributed by atoms with E-state index in [2.05, 4.69) is 4.72 Å². The Hall–Kier alpha value is -0.330. The second-order valence-electron chi connectivity index (χ2n) is 4.25. The highest BCUT2D eigenvalue weighted by molar-refractivity contribution is 7.89. The molecule has 0 saturated carbocycles. The zero-order chi connectivity index (χ0) is 14.0. The standard InChI is InChI=1S/C11H15Cl2NO3S/c1-3-11(2,15)7-14-18(16,17)10-6-8(12)4-5-9(10)13/h4-6,14-15H,3,7H2,1-2H3. The molecule has 0 aliphatic heterocycles. The van der Waals surface area contributed by atoms with Crippen LogP contribution in [0.25, 0.3) is 0 Å². The summed E-state index contributed by atoms with van der Waals surface area (Å²) in [7, 11) is -3.78. The summed E-state index contributed by atoms with van der Waals surface area (Å²) in [4.78, 5) is -0.0939. The molecule has 0 radical (unpaired) electrons. The first-order valence-electron chi connectivity index (χ1n) is 5.35. The predicted molar refractivity (Wildman–Crippen MR) is 72.6 cm³/mol. The van der Waals surface area contributed by atoms with Crippen LogP contribution in [0.5, 0.6) is 0 Å². The second-order valence-corrected chi connectivity index (χ2v) is 6.83. The van der Waals surface area contributed by atoms with Crippen LogP contribution in [0.2, 0.25) is 10.0 Å². The Morgan fingerprint density at radius 1 is 1.39 bits per heavy atom. The Labute approximate surface area is 117 Å². The molecule has 1 aromatic carbocycles. The fraction of sp³-hybridized carbons (Fsp3) is 0.455. The highest BCUT2D eigenvalue weighted by Gasteiger charge is 2.24. The number of nitrogens with one attached hydrogen (secondary N) is 1. The van der Waals surface area contributed by atoms with Crippen molar-refractivity contribution in [3.63, 3.8) is 0 Å². The molecule has 102 valence electrons. The smallest absolute Gasteiger partial charge is 0.242 e. The van der Waals surface area contributed by atoms with Gasteiger partial charge in [-0.3, -0.25) is 0 Å². The molecule has 7 heteroatoms. The average molecular weight is 312 g/mol. The van der Waals surface area contributed by atoms with E-state index >= 15 is 0 Å². The van der Waals surface area contributed by atoms with Gasteiger partial charge in [0.25, 0.3) is 0 Å². The van der Waals surface area contributed by atoms with Crippen LogP contribution in [0.1, 0.15) is 20.3 Å². The summed E-state index contributed by atoms with van der Waals surface area (Å²) >= 11 is 11.6. The summed E-state index contributed by atoms with van der Waals surface area (Å²) in [6, 6.07) is 4.19. The van der Waals surface area contributed by atoms with E-state index in [0.29, 0.717) is 6.42 Å². The monoisotopic (exact) mass is 311 g/mol. The number of hydrogen-bond donors (Lipinski definition) is 2. The Kier molecular flexibility index (Phi) is 5.03. The molecule has 1 unspecified atom stereocenters. The van der Waals surface area contributed by atoms with Gasteiger partial charge in [0.1, 0.15) is 4.90 Å². The van der Waals surface area contributed by atoms with Crippen LogP contribution in [0.3, 0.4) is 0 Å². The maximum atomic E-state index is 12.0. The fourth-order valence-corrected chi connectivity index (χ4v) is 3.06. The molecule has 0 spiro atoms. The summed E-state index contributed by atoms with van der Waals surface area (Å²) in [5, 5.41) is 10.1. The maximum absolute atomic E-state index is 12.0. The van der Waals surface area contributed by atoms with Gasteiger partial charge in [0.2, 0.25) is 10.0 Å². The van der Waals surface area contributed by atoms with Crippen molar-refractivity contribution in [2.24, 2.45) is 0 Å².